The fourth-order valence-corrected chi connectivity index (χ4v) is 2.54. The molecule has 1 unspecified atom stereocenters. The monoisotopic (exact) mass is 356 g/mol. The molecular formula is C15H21BrN2O3. The van der Waals surface area contributed by atoms with E-state index in [9.17, 15) is 14.9 Å². The second-order valence-corrected chi connectivity index (χ2v) is 5.88. The third-order valence-electron chi connectivity index (χ3n) is 3.28. The molecule has 21 heavy (non-hydrogen) atoms. The third-order valence-corrected chi connectivity index (χ3v) is 3.95. The van der Waals surface area contributed by atoms with Crippen LogP contribution in [0.2, 0.25) is 0 Å². The Morgan fingerprint density at radius 2 is 2.05 bits per heavy atom. The molecule has 6 heteroatoms. The zero-order chi connectivity index (χ0) is 15.8. The minimum absolute atomic E-state index is 0.0942. The number of amides is 1. The number of nitro groups is 1. The smallest absolute Gasteiger partial charge is 0.284 e. The van der Waals surface area contributed by atoms with Crippen molar-refractivity contribution >= 4 is 27.5 Å². The van der Waals surface area contributed by atoms with E-state index in [4.69, 9.17) is 0 Å². The van der Waals surface area contributed by atoms with Gasteiger partial charge in [-0.1, -0.05) is 33.1 Å². The second kappa shape index (κ2) is 8.77. The highest BCUT2D eigenvalue weighted by Gasteiger charge is 2.18. The van der Waals surface area contributed by atoms with Crippen molar-refractivity contribution in [3.63, 3.8) is 0 Å². The number of carbonyl (C=O) groups is 1. The number of hydrogen-bond donors (Lipinski definition) is 1. The van der Waals surface area contributed by atoms with Gasteiger partial charge in [0, 0.05) is 17.7 Å². The summed E-state index contributed by atoms with van der Waals surface area (Å²) in [5.74, 6) is -0.250. The van der Waals surface area contributed by atoms with Crippen molar-refractivity contribution in [2.75, 3.05) is 0 Å². The first-order valence-electron chi connectivity index (χ1n) is 7.24. The van der Waals surface area contributed by atoms with Crippen LogP contribution in [0.1, 0.15) is 56.3 Å². The van der Waals surface area contributed by atoms with E-state index in [1.165, 1.54) is 12.1 Å². The highest BCUT2D eigenvalue weighted by Crippen LogP contribution is 2.25. The topological polar surface area (TPSA) is 72.2 Å². The van der Waals surface area contributed by atoms with Crippen LogP contribution < -0.4 is 5.32 Å². The molecule has 0 spiro atoms. The summed E-state index contributed by atoms with van der Waals surface area (Å²) < 4.78 is 0.375. The summed E-state index contributed by atoms with van der Waals surface area (Å²) in [6, 6.07) is 4.57. The van der Waals surface area contributed by atoms with Gasteiger partial charge < -0.3 is 5.32 Å². The van der Waals surface area contributed by atoms with Crippen LogP contribution in [0, 0.1) is 10.1 Å². The van der Waals surface area contributed by atoms with Gasteiger partial charge in [0.2, 0.25) is 0 Å². The predicted octanol–water partition coefficient (Wildman–Crippen LogP) is 4.45. The van der Waals surface area contributed by atoms with E-state index in [0.29, 0.717) is 10.0 Å². The van der Waals surface area contributed by atoms with Crippen LogP contribution in [-0.4, -0.2) is 16.9 Å². The second-order valence-electron chi connectivity index (χ2n) is 5.02. The zero-order valence-electron chi connectivity index (χ0n) is 12.4. The molecule has 0 aromatic heterocycles. The third kappa shape index (κ3) is 5.46. The molecule has 0 aliphatic heterocycles. The van der Waals surface area contributed by atoms with Crippen LogP contribution >= 0.6 is 15.9 Å². The van der Waals surface area contributed by atoms with Gasteiger partial charge in [-0.25, -0.2) is 0 Å². The number of rotatable bonds is 8. The fraction of sp³-hybridized carbons (Fsp3) is 0.533. The van der Waals surface area contributed by atoms with Crippen molar-refractivity contribution in [2.24, 2.45) is 0 Å². The summed E-state index contributed by atoms with van der Waals surface area (Å²) >= 11 is 3.12. The van der Waals surface area contributed by atoms with Gasteiger partial charge in [-0.2, -0.15) is 0 Å². The van der Waals surface area contributed by atoms with Crippen molar-refractivity contribution in [2.45, 2.75) is 52.0 Å². The lowest BCUT2D eigenvalue weighted by Crippen LogP contribution is -2.34. The molecule has 1 aromatic rings. The molecule has 0 heterocycles. The van der Waals surface area contributed by atoms with Crippen LogP contribution in [0.5, 0.6) is 0 Å². The lowest BCUT2D eigenvalue weighted by Gasteiger charge is -2.17. The number of nitrogens with zero attached hydrogens (tertiary/aromatic N) is 1. The van der Waals surface area contributed by atoms with E-state index >= 15 is 0 Å². The number of hydrogen-bond acceptors (Lipinski definition) is 3. The SMILES string of the molecule is CCCCC(CCC)NC(=O)c1ccc(Br)c([N+](=O)[O-])c1. The van der Waals surface area contributed by atoms with Crippen LogP contribution in [0.25, 0.3) is 0 Å². The molecule has 1 N–H and O–H groups in total. The van der Waals surface area contributed by atoms with Gasteiger partial charge >= 0.3 is 0 Å². The lowest BCUT2D eigenvalue weighted by atomic mass is 10.0. The molecule has 0 radical (unpaired) electrons. The number of nitro benzene ring substituents is 1. The van der Waals surface area contributed by atoms with Crippen molar-refractivity contribution < 1.29 is 9.72 Å². The van der Waals surface area contributed by atoms with Crippen molar-refractivity contribution in [1.29, 1.82) is 0 Å². The Balaban J connectivity index is 2.82. The van der Waals surface area contributed by atoms with Gasteiger partial charge in [0.25, 0.3) is 11.6 Å². The van der Waals surface area contributed by atoms with Gasteiger partial charge in [-0.05, 0) is 40.9 Å². The average molecular weight is 357 g/mol. The molecule has 0 aliphatic carbocycles. The molecule has 1 atom stereocenters. The molecule has 0 saturated carbocycles. The van der Waals surface area contributed by atoms with Crippen molar-refractivity contribution in [3.05, 3.63) is 38.3 Å². The Morgan fingerprint density at radius 1 is 1.33 bits per heavy atom. The molecule has 116 valence electrons. The minimum Gasteiger partial charge on any atom is -0.349 e. The van der Waals surface area contributed by atoms with Crippen LogP contribution in [-0.2, 0) is 0 Å². The highest BCUT2D eigenvalue weighted by atomic mass is 79.9. The molecule has 0 saturated heterocycles. The Morgan fingerprint density at radius 3 is 2.62 bits per heavy atom. The molecule has 0 aliphatic rings. The summed E-state index contributed by atoms with van der Waals surface area (Å²) in [6.45, 7) is 4.19. The van der Waals surface area contributed by atoms with E-state index in [1.807, 2.05) is 0 Å². The number of halogens is 1. The normalized spacial score (nSPS) is 12.0. The van der Waals surface area contributed by atoms with Gasteiger partial charge in [0.15, 0.2) is 0 Å². The molecule has 1 amide bonds. The predicted molar refractivity (Wildman–Crippen MR) is 86.5 cm³/mol. The van der Waals surface area contributed by atoms with Crippen LogP contribution in [0.4, 0.5) is 5.69 Å². The van der Waals surface area contributed by atoms with Gasteiger partial charge in [-0.15, -0.1) is 0 Å². The number of unbranched alkanes of at least 4 members (excludes halogenated alkanes) is 1. The van der Waals surface area contributed by atoms with Crippen LogP contribution in [0.3, 0.4) is 0 Å². The summed E-state index contributed by atoms with van der Waals surface area (Å²) in [6.07, 6.45) is 5.00. The van der Waals surface area contributed by atoms with E-state index < -0.39 is 4.92 Å². The van der Waals surface area contributed by atoms with Crippen molar-refractivity contribution in [3.8, 4) is 0 Å². The highest BCUT2D eigenvalue weighted by molar-refractivity contribution is 9.10. The van der Waals surface area contributed by atoms with E-state index in [-0.39, 0.29) is 17.6 Å². The Hall–Kier alpha value is -1.43. The Kier molecular flexibility index (Phi) is 7.36. The van der Waals surface area contributed by atoms with Crippen LogP contribution in [0.15, 0.2) is 22.7 Å². The summed E-state index contributed by atoms with van der Waals surface area (Å²) in [5.41, 5.74) is 0.228. The zero-order valence-corrected chi connectivity index (χ0v) is 14.0. The minimum atomic E-state index is -0.499. The number of benzene rings is 1. The quantitative estimate of drug-likeness (QED) is 0.552. The Labute approximate surface area is 133 Å². The molecular weight excluding hydrogens is 336 g/mol. The standard InChI is InChI=1S/C15H21BrN2O3/c1-3-5-7-12(6-4-2)17-15(19)11-8-9-13(16)14(10-11)18(20)21/h8-10,12H,3-7H2,1-2H3,(H,17,19). The molecule has 0 fully saturated rings. The van der Waals surface area contributed by atoms with Gasteiger partial charge in [0.05, 0.1) is 9.40 Å². The number of carbonyl (C=O) groups excluding carboxylic acids is 1. The molecule has 5 nitrogen and oxygen atoms in total. The lowest BCUT2D eigenvalue weighted by molar-refractivity contribution is -0.385. The molecule has 1 rings (SSSR count). The van der Waals surface area contributed by atoms with Crippen molar-refractivity contribution in [1.82, 2.24) is 5.32 Å². The summed E-state index contributed by atoms with van der Waals surface area (Å²) in [5, 5.41) is 13.9. The Bertz CT molecular complexity index is 506. The fourth-order valence-electron chi connectivity index (χ4n) is 2.15. The first kappa shape index (κ1) is 17.6. The first-order chi connectivity index (χ1) is 9.99. The first-order valence-corrected chi connectivity index (χ1v) is 8.03. The maximum atomic E-state index is 12.2. The summed E-state index contributed by atoms with van der Waals surface area (Å²) in [7, 11) is 0. The van der Waals surface area contributed by atoms with Gasteiger partial charge in [0.1, 0.15) is 0 Å². The summed E-state index contributed by atoms with van der Waals surface area (Å²) in [4.78, 5) is 22.6. The van der Waals surface area contributed by atoms with Gasteiger partial charge in [-0.3, -0.25) is 14.9 Å². The van der Waals surface area contributed by atoms with E-state index in [0.717, 1.165) is 32.1 Å². The molecule has 0 bridgehead atoms. The largest absolute Gasteiger partial charge is 0.349 e. The number of nitrogens with one attached hydrogen (secondary N) is 1. The average Bonchev–Trinajstić information content (AvgIpc) is 2.45. The molecule has 1 aromatic carbocycles. The van der Waals surface area contributed by atoms with E-state index in [2.05, 4.69) is 35.1 Å². The maximum Gasteiger partial charge on any atom is 0.284 e. The maximum absolute atomic E-state index is 12.2. The van der Waals surface area contributed by atoms with E-state index in [1.54, 1.807) is 6.07 Å².